The van der Waals surface area contributed by atoms with Gasteiger partial charge in [-0.05, 0) is 55.2 Å². The van der Waals surface area contributed by atoms with Crippen molar-refractivity contribution in [1.82, 2.24) is 0 Å². The fourth-order valence-corrected chi connectivity index (χ4v) is 2.55. The second-order valence-corrected chi connectivity index (χ2v) is 5.19. The Kier molecular flexibility index (Phi) is 2.94. The third-order valence-electron chi connectivity index (χ3n) is 3.84. The number of hydrogen-bond acceptors (Lipinski definition) is 2. The van der Waals surface area contributed by atoms with E-state index >= 15 is 0 Å². The first-order valence-corrected chi connectivity index (χ1v) is 6.68. The minimum absolute atomic E-state index is 0.274. The molecule has 2 nitrogen and oxygen atoms in total. The van der Waals surface area contributed by atoms with E-state index in [4.69, 9.17) is 4.42 Å². The van der Waals surface area contributed by atoms with Crippen LogP contribution in [0.15, 0.2) is 51.7 Å². The van der Waals surface area contributed by atoms with Crippen molar-refractivity contribution in [2.45, 2.75) is 20.8 Å². The van der Waals surface area contributed by atoms with Gasteiger partial charge in [-0.1, -0.05) is 30.3 Å². The number of benzene rings is 2. The molecular weight excluding hydrogens is 248 g/mol. The van der Waals surface area contributed by atoms with Crippen molar-refractivity contribution in [2.24, 2.45) is 0 Å². The molecule has 3 rings (SSSR count). The molecular formula is C18H16O2. The topological polar surface area (TPSA) is 30.2 Å². The van der Waals surface area contributed by atoms with E-state index in [1.807, 2.05) is 50.2 Å². The highest BCUT2D eigenvalue weighted by molar-refractivity contribution is 5.87. The quantitative estimate of drug-likeness (QED) is 0.610. The van der Waals surface area contributed by atoms with Crippen LogP contribution in [0.1, 0.15) is 16.7 Å². The third kappa shape index (κ3) is 1.94. The lowest BCUT2D eigenvalue weighted by Crippen LogP contribution is -2.06. The zero-order valence-corrected chi connectivity index (χ0v) is 11.9. The summed E-state index contributed by atoms with van der Waals surface area (Å²) < 4.78 is 5.51. The van der Waals surface area contributed by atoms with Gasteiger partial charge in [-0.3, -0.25) is 0 Å². The lowest BCUT2D eigenvalue weighted by atomic mass is 9.97. The molecule has 0 radical (unpaired) electrons. The number of rotatable bonds is 1. The highest BCUT2D eigenvalue weighted by Gasteiger charge is 2.13. The molecule has 0 spiro atoms. The molecule has 0 N–H and O–H groups in total. The third-order valence-corrected chi connectivity index (χ3v) is 3.84. The maximum atomic E-state index is 12.3. The zero-order valence-electron chi connectivity index (χ0n) is 11.9. The van der Waals surface area contributed by atoms with Gasteiger partial charge in [0.25, 0.3) is 0 Å². The molecule has 0 aliphatic heterocycles. The van der Waals surface area contributed by atoms with Gasteiger partial charge in [0.05, 0.1) is 5.56 Å². The van der Waals surface area contributed by atoms with Crippen LogP contribution in [0.2, 0.25) is 0 Å². The van der Waals surface area contributed by atoms with E-state index in [1.165, 1.54) is 5.56 Å². The van der Waals surface area contributed by atoms with Crippen LogP contribution in [-0.4, -0.2) is 0 Å². The predicted molar refractivity (Wildman–Crippen MR) is 82.1 cm³/mol. The zero-order chi connectivity index (χ0) is 14.3. The second kappa shape index (κ2) is 4.64. The lowest BCUT2D eigenvalue weighted by Gasteiger charge is -2.10. The SMILES string of the molecule is Cc1cc2oc(=O)c(-c3ccccc3)c(C)c2cc1C. The second-order valence-electron chi connectivity index (χ2n) is 5.19. The molecule has 1 aromatic heterocycles. The monoisotopic (exact) mass is 264 g/mol. The molecule has 1 heterocycles. The van der Waals surface area contributed by atoms with Crippen molar-refractivity contribution in [1.29, 1.82) is 0 Å². The van der Waals surface area contributed by atoms with Crippen LogP contribution in [0.4, 0.5) is 0 Å². The van der Waals surface area contributed by atoms with E-state index in [0.29, 0.717) is 11.1 Å². The maximum absolute atomic E-state index is 12.3. The van der Waals surface area contributed by atoms with Crippen LogP contribution < -0.4 is 5.63 Å². The Morgan fingerprint density at radius 3 is 2.25 bits per heavy atom. The van der Waals surface area contributed by atoms with Crippen molar-refractivity contribution in [3.63, 3.8) is 0 Å². The van der Waals surface area contributed by atoms with Crippen LogP contribution >= 0.6 is 0 Å². The molecule has 0 saturated carbocycles. The van der Waals surface area contributed by atoms with Gasteiger partial charge in [-0.25, -0.2) is 4.79 Å². The van der Waals surface area contributed by atoms with E-state index in [-0.39, 0.29) is 5.63 Å². The molecule has 0 unspecified atom stereocenters. The summed E-state index contributed by atoms with van der Waals surface area (Å²) in [5.41, 5.74) is 5.26. The van der Waals surface area contributed by atoms with Gasteiger partial charge in [0, 0.05) is 5.39 Å². The summed E-state index contributed by atoms with van der Waals surface area (Å²) >= 11 is 0. The summed E-state index contributed by atoms with van der Waals surface area (Å²) in [4.78, 5) is 12.3. The molecule has 0 fully saturated rings. The molecule has 2 heteroatoms. The first-order chi connectivity index (χ1) is 9.58. The summed E-state index contributed by atoms with van der Waals surface area (Å²) in [6, 6.07) is 13.7. The molecule has 0 atom stereocenters. The average molecular weight is 264 g/mol. The van der Waals surface area contributed by atoms with Crippen molar-refractivity contribution in [3.05, 3.63) is 69.6 Å². The van der Waals surface area contributed by atoms with Crippen LogP contribution in [-0.2, 0) is 0 Å². The number of aryl methyl sites for hydroxylation is 3. The van der Waals surface area contributed by atoms with Crippen molar-refractivity contribution < 1.29 is 4.42 Å². The smallest absolute Gasteiger partial charge is 0.344 e. The maximum Gasteiger partial charge on any atom is 0.344 e. The summed E-state index contributed by atoms with van der Waals surface area (Å²) in [6.07, 6.45) is 0. The fraction of sp³-hybridized carbons (Fsp3) is 0.167. The first-order valence-electron chi connectivity index (χ1n) is 6.68. The van der Waals surface area contributed by atoms with E-state index in [2.05, 4.69) is 13.0 Å². The highest BCUT2D eigenvalue weighted by Crippen LogP contribution is 2.28. The van der Waals surface area contributed by atoms with Crippen molar-refractivity contribution >= 4 is 11.0 Å². The Morgan fingerprint density at radius 2 is 1.55 bits per heavy atom. The molecule has 2 aromatic carbocycles. The van der Waals surface area contributed by atoms with Crippen LogP contribution in [0.25, 0.3) is 22.1 Å². The van der Waals surface area contributed by atoms with Gasteiger partial charge in [-0.15, -0.1) is 0 Å². The van der Waals surface area contributed by atoms with Crippen molar-refractivity contribution in [2.75, 3.05) is 0 Å². The lowest BCUT2D eigenvalue weighted by molar-refractivity contribution is 0.562. The van der Waals surface area contributed by atoms with Crippen molar-refractivity contribution in [3.8, 4) is 11.1 Å². The Balaban J connectivity index is 2.41. The normalized spacial score (nSPS) is 10.9. The summed E-state index contributed by atoms with van der Waals surface area (Å²) in [5, 5.41) is 1.01. The minimum Gasteiger partial charge on any atom is -0.422 e. The number of hydrogen-bond donors (Lipinski definition) is 0. The summed E-state index contributed by atoms with van der Waals surface area (Å²) in [7, 11) is 0. The van der Waals surface area contributed by atoms with Gasteiger partial charge >= 0.3 is 5.63 Å². The van der Waals surface area contributed by atoms with Gasteiger partial charge in [0.2, 0.25) is 0 Å². The van der Waals surface area contributed by atoms with Crippen LogP contribution in [0, 0.1) is 20.8 Å². The Bertz CT molecular complexity index is 843. The Morgan fingerprint density at radius 1 is 0.900 bits per heavy atom. The molecule has 20 heavy (non-hydrogen) atoms. The van der Waals surface area contributed by atoms with Crippen LogP contribution in [0.3, 0.4) is 0 Å². The van der Waals surface area contributed by atoms with Gasteiger partial charge in [0.15, 0.2) is 0 Å². The largest absolute Gasteiger partial charge is 0.422 e. The molecule has 0 aliphatic rings. The molecule has 0 bridgehead atoms. The van der Waals surface area contributed by atoms with E-state index < -0.39 is 0 Å². The summed E-state index contributed by atoms with van der Waals surface area (Å²) in [5.74, 6) is 0. The van der Waals surface area contributed by atoms with E-state index in [1.54, 1.807) is 0 Å². The van der Waals surface area contributed by atoms with Crippen LogP contribution in [0.5, 0.6) is 0 Å². The summed E-state index contributed by atoms with van der Waals surface area (Å²) in [6.45, 7) is 6.08. The Hall–Kier alpha value is -2.35. The first kappa shape index (κ1) is 12.7. The molecule has 3 aromatic rings. The molecule has 0 amide bonds. The average Bonchev–Trinajstić information content (AvgIpc) is 2.43. The Labute approximate surface area is 117 Å². The standard InChI is InChI=1S/C18H16O2/c1-11-9-15-13(3)17(14-7-5-4-6-8-14)18(19)20-16(15)10-12(11)2/h4-10H,1-3H3. The van der Waals surface area contributed by atoms with E-state index in [0.717, 1.165) is 22.1 Å². The fourth-order valence-electron chi connectivity index (χ4n) is 2.55. The molecule has 0 saturated heterocycles. The molecule has 100 valence electrons. The van der Waals surface area contributed by atoms with E-state index in [9.17, 15) is 4.79 Å². The number of fused-ring (bicyclic) bond motifs is 1. The van der Waals surface area contributed by atoms with Gasteiger partial charge < -0.3 is 4.42 Å². The van der Waals surface area contributed by atoms with Gasteiger partial charge in [-0.2, -0.15) is 0 Å². The minimum atomic E-state index is -0.274. The molecule has 0 aliphatic carbocycles. The highest BCUT2D eigenvalue weighted by atomic mass is 16.4. The predicted octanol–water partition coefficient (Wildman–Crippen LogP) is 4.39. The van der Waals surface area contributed by atoms with Gasteiger partial charge in [0.1, 0.15) is 5.58 Å².